The molecule has 7 heteroatoms. The van der Waals surface area contributed by atoms with Crippen LogP contribution in [0.5, 0.6) is 0 Å². The van der Waals surface area contributed by atoms with Gasteiger partial charge in [-0.15, -0.1) is 0 Å². The third-order valence-corrected chi connectivity index (χ3v) is 7.25. The van der Waals surface area contributed by atoms with Gasteiger partial charge in [-0.1, -0.05) is 36.4 Å². The molecule has 7 nitrogen and oxygen atoms in total. The summed E-state index contributed by atoms with van der Waals surface area (Å²) in [5.74, 6) is -1.93. The number of ether oxygens (including phenoxy) is 4. The van der Waals surface area contributed by atoms with Crippen molar-refractivity contribution >= 4 is 17.9 Å². The van der Waals surface area contributed by atoms with Crippen molar-refractivity contribution in [2.75, 3.05) is 21.3 Å². The van der Waals surface area contributed by atoms with Crippen molar-refractivity contribution in [1.29, 1.82) is 0 Å². The lowest BCUT2D eigenvalue weighted by Gasteiger charge is -2.49. The van der Waals surface area contributed by atoms with Crippen LogP contribution in [0.2, 0.25) is 0 Å². The predicted molar refractivity (Wildman–Crippen MR) is 110 cm³/mol. The van der Waals surface area contributed by atoms with Crippen LogP contribution in [0.25, 0.3) is 0 Å². The largest absolute Gasteiger partial charge is 0.469 e. The third kappa shape index (κ3) is 3.35. The number of fused-ring (bicyclic) bond motifs is 2. The van der Waals surface area contributed by atoms with Gasteiger partial charge in [-0.25, -0.2) is 0 Å². The highest BCUT2D eigenvalue weighted by atomic mass is 16.5. The summed E-state index contributed by atoms with van der Waals surface area (Å²) >= 11 is 0. The van der Waals surface area contributed by atoms with E-state index in [1.807, 2.05) is 30.3 Å². The molecule has 0 radical (unpaired) electrons. The Balaban J connectivity index is 1.70. The highest BCUT2D eigenvalue weighted by Crippen LogP contribution is 2.59. The lowest BCUT2D eigenvalue weighted by atomic mass is 9.53. The summed E-state index contributed by atoms with van der Waals surface area (Å²) in [5, 5.41) is 0. The minimum Gasteiger partial charge on any atom is -0.469 e. The normalized spacial score (nSPS) is 30.9. The van der Waals surface area contributed by atoms with Crippen molar-refractivity contribution in [3.8, 4) is 0 Å². The Morgan fingerprint density at radius 3 is 2.19 bits per heavy atom. The van der Waals surface area contributed by atoms with Crippen molar-refractivity contribution < 1.29 is 33.3 Å². The molecule has 0 spiro atoms. The number of hydrogen-bond donors (Lipinski definition) is 0. The lowest BCUT2D eigenvalue weighted by molar-refractivity contribution is -0.184. The monoisotopic (exact) mass is 428 g/mol. The fraction of sp³-hybridized carbons (Fsp3) is 0.542. The molecular formula is C24H28O7. The molecule has 1 saturated carbocycles. The van der Waals surface area contributed by atoms with E-state index in [2.05, 4.69) is 6.08 Å². The molecule has 31 heavy (non-hydrogen) atoms. The van der Waals surface area contributed by atoms with Gasteiger partial charge in [0.15, 0.2) is 5.41 Å². The van der Waals surface area contributed by atoms with Crippen molar-refractivity contribution in [1.82, 2.24) is 0 Å². The number of carbonyl (C=O) groups excluding carboxylic acids is 3. The summed E-state index contributed by atoms with van der Waals surface area (Å²) in [6, 6.07) is 9.99. The van der Waals surface area contributed by atoms with Gasteiger partial charge < -0.3 is 18.9 Å². The quantitative estimate of drug-likeness (QED) is 0.315. The van der Waals surface area contributed by atoms with Gasteiger partial charge in [0.2, 0.25) is 0 Å². The third-order valence-electron chi connectivity index (χ3n) is 7.25. The summed E-state index contributed by atoms with van der Waals surface area (Å²) < 4.78 is 21.5. The molecule has 166 valence electrons. The molecule has 1 aromatic rings. The second kappa shape index (κ2) is 8.11. The van der Waals surface area contributed by atoms with Gasteiger partial charge in [0, 0.05) is 6.42 Å². The van der Waals surface area contributed by atoms with Gasteiger partial charge in [-0.3, -0.25) is 14.4 Å². The Morgan fingerprint density at radius 2 is 1.58 bits per heavy atom. The zero-order chi connectivity index (χ0) is 22.2. The smallest absolute Gasteiger partial charge is 0.323 e. The Bertz CT molecular complexity index is 890. The maximum absolute atomic E-state index is 13.2. The van der Waals surface area contributed by atoms with E-state index >= 15 is 0 Å². The molecule has 0 bridgehead atoms. The SMILES string of the molecule is COC(=O)C1(C(=O)OC)CC[C@@H]2C=C3C[C@@H](c4ccccc4)O[C@@H]3C[C@@]2(C(=O)OC)C1. The number of allylic oxidation sites excluding steroid dienone is 1. The minimum absolute atomic E-state index is 0.0175. The fourth-order valence-corrected chi connectivity index (χ4v) is 5.72. The number of hydrogen-bond acceptors (Lipinski definition) is 7. The van der Waals surface area contributed by atoms with Crippen LogP contribution in [0, 0.1) is 16.7 Å². The van der Waals surface area contributed by atoms with E-state index < -0.39 is 28.7 Å². The molecular weight excluding hydrogens is 400 g/mol. The zero-order valence-corrected chi connectivity index (χ0v) is 18.1. The molecule has 0 amide bonds. The zero-order valence-electron chi connectivity index (χ0n) is 18.1. The number of methoxy groups -OCH3 is 3. The summed E-state index contributed by atoms with van der Waals surface area (Å²) in [4.78, 5) is 38.7. The Kier molecular flexibility index (Phi) is 5.64. The van der Waals surface area contributed by atoms with E-state index in [0.29, 0.717) is 12.8 Å². The van der Waals surface area contributed by atoms with Gasteiger partial charge in [0.05, 0.1) is 39.0 Å². The van der Waals surface area contributed by atoms with Crippen molar-refractivity contribution in [3.05, 3.63) is 47.5 Å². The molecule has 4 rings (SSSR count). The van der Waals surface area contributed by atoms with Crippen molar-refractivity contribution in [2.45, 2.75) is 44.3 Å². The maximum atomic E-state index is 13.2. The average Bonchev–Trinajstić information content (AvgIpc) is 3.23. The van der Waals surface area contributed by atoms with Crippen LogP contribution in [0.3, 0.4) is 0 Å². The number of benzene rings is 1. The van der Waals surface area contributed by atoms with Crippen LogP contribution in [0.4, 0.5) is 0 Å². The molecule has 2 aliphatic carbocycles. The molecule has 1 aliphatic heterocycles. The molecule has 4 atom stereocenters. The van der Waals surface area contributed by atoms with Crippen molar-refractivity contribution in [2.24, 2.45) is 16.7 Å². The lowest BCUT2D eigenvalue weighted by Crippen LogP contribution is -2.56. The first kappa shape index (κ1) is 21.6. The van der Waals surface area contributed by atoms with Gasteiger partial charge in [0.25, 0.3) is 0 Å². The van der Waals surface area contributed by atoms with Crippen LogP contribution in [-0.2, 0) is 33.3 Å². The predicted octanol–water partition coefficient (Wildman–Crippen LogP) is 3.14. The van der Waals surface area contributed by atoms with Crippen LogP contribution >= 0.6 is 0 Å². The van der Waals surface area contributed by atoms with E-state index in [0.717, 1.165) is 12.0 Å². The molecule has 1 heterocycles. The Hall–Kier alpha value is -2.67. The molecule has 3 aliphatic rings. The second-order valence-corrected chi connectivity index (χ2v) is 8.71. The summed E-state index contributed by atoms with van der Waals surface area (Å²) in [6.07, 6.45) is 3.60. The van der Waals surface area contributed by atoms with Crippen LogP contribution in [-0.4, -0.2) is 45.3 Å². The summed E-state index contributed by atoms with van der Waals surface area (Å²) in [7, 11) is 3.82. The van der Waals surface area contributed by atoms with Crippen LogP contribution < -0.4 is 0 Å². The standard InChI is InChI=1S/C24H28O7/c1-28-20(25)23(21(26)29-2)10-9-17-11-16-12-18(15-7-5-4-6-8-15)31-19(16)13-24(17,14-23)22(27)30-3/h4-8,11,17-19H,9-10,12-14H2,1-3H3/t17-,18+,19-,24-/m1/s1. The summed E-state index contributed by atoms with van der Waals surface area (Å²) in [6.45, 7) is 0. The highest BCUT2D eigenvalue weighted by molar-refractivity contribution is 6.01. The van der Waals surface area contributed by atoms with Crippen LogP contribution in [0.1, 0.15) is 43.8 Å². The molecule has 0 aromatic heterocycles. The van der Waals surface area contributed by atoms with Gasteiger partial charge in [-0.2, -0.15) is 0 Å². The molecule has 0 unspecified atom stereocenters. The average molecular weight is 428 g/mol. The van der Waals surface area contributed by atoms with Gasteiger partial charge >= 0.3 is 17.9 Å². The van der Waals surface area contributed by atoms with E-state index in [-0.39, 0.29) is 31.0 Å². The van der Waals surface area contributed by atoms with Gasteiger partial charge in [-0.05, 0) is 42.7 Å². The number of rotatable bonds is 4. The fourth-order valence-electron chi connectivity index (χ4n) is 5.72. The maximum Gasteiger partial charge on any atom is 0.323 e. The van der Waals surface area contributed by atoms with E-state index in [1.165, 1.54) is 26.9 Å². The van der Waals surface area contributed by atoms with Crippen molar-refractivity contribution in [3.63, 3.8) is 0 Å². The van der Waals surface area contributed by atoms with E-state index in [9.17, 15) is 14.4 Å². The van der Waals surface area contributed by atoms with Crippen LogP contribution in [0.15, 0.2) is 42.0 Å². The topological polar surface area (TPSA) is 88.1 Å². The minimum atomic E-state index is -1.53. The molecule has 1 aromatic carbocycles. The first-order chi connectivity index (χ1) is 14.9. The van der Waals surface area contributed by atoms with E-state index in [4.69, 9.17) is 18.9 Å². The molecule has 2 fully saturated rings. The second-order valence-electron chi connectivity index (χ2n) is 8.71. The number of esters is 3. The summed E-state index contributed by atoms with van der Waals surface area (Å²) in [5.41, 5.74) is -0.333. The highest BCUT2D eigenvalue weighted by Gasteiger charge is 2.64. The first-order valence-electron chi connectivity index (χ1n) is 10.6. The Labute approximate surface area is 181 Å². The molecule has 0 N–H and O–H groups in total. The van der Waals surface area contributed by atoms with Gasteiger partial charge in [0.1, 0.15) is 0 Å². The molecule has 1 saturated heterocycles. The first-order valence-corrected chi connectivity index (χ1v) is 10.6. The number of carbonyl (C=O) groups is 3. The van der Waals surface area contributed by atoms with E-state index in [1.54, 1.807) is 0 Å². The Morgan fingerprint density at radius 1 is 0.935 bits per heavy atom.